The Kier molecular flexibility index (Phi) is 3.22. The van der Waals surface area contributed by atoms with Gasteiger partial charge >= 0.3 is 0 Å². The van der Waals surface area contributed by atoms with Gasteiger partial charge in [0.2, 0.25) is 0 Å². The second-order valence-corrected chi connectivity index (χ2v) is 3.00. The zero-order valence-corrected chi connectivity index (χ0v) is 7.67. The predicted molar refractivity (Wildman–Crippen MR) is 45.7 cm³/mol. The molecule has 1 aromatic carbocycles. The first-order valence-electron chi connectivity index (χ1n) is 3.25. The number of carbonyl (C=O) groups excluding carboxylic acids is 1. The molecule has 0 amide bonds. The van der Waals surface area contributed by atoms with Gasteiger partial charge in [-0.1, -0.05) is 15.9 Å². The van der Waals surface area contributed by atoms with E-state index in [1.54, 1.807) is 6.07 Å². The molecule has 2 nitrogen and oxygen atoms in total. The van der Waals surface area contributed by atoms with Crippen molar-refractivity contribution in [3.05, 3.63) is 28.5 Å². The van der Waals surface area contributed by atoms with Gasteiger partial charge in [-0.2, -0.15) is 0 Å². The van der Waals surface area contributed by atoms with Gasteiger partial charge in [-0.3, -0.25) is 4.79 Å². The summed E-state index contributed by atoms with van der Waals surface area (Å²) >= 11 is 3.10. The van der Waals surface area contributed by atoms with Crippen LogP contribution in [0.1, 0.15) is 0 Å². The van der Waals surface area contributed by atoms with Crippen molar-refractivity contribution in [1.29, 1.82) is 0 Å². The highest BCUT2D eigenvalue weighted by molar-refractivity contribution is 9.10. The summed E-state index contributed by atoms with van der Waals surface area (Å²) in [5.41, 5.74) is 0. The van der Waals surface area contributed by atoms with Gasteiger partial charge in [0.15, 0.2) is 6.29 Å². The van der Waals surface area contributed by atoms with Gasteiger partial charge < -0.3 is 4.74 Å². The van der Waals surface area contributed by atoms with Gasteiger partial charge in [0.1, 0.15) is 18.2 Å². The summed E-state index contributed by atoms with van der Waals surface area (Å²) in [7, 11) is 0. The van der Waals surface area contributed by atoms with E-state index >= 15 is 0 Å². The number of carbonyl (C=O) groups is 1. The Bertz CT molecular complexity index is 268. The number of hydrogen-bond acceptors (Lipinski definition) is 2. The zero-order chi connectivity index (χ0) is 8.97. The van der Waals surface area contributed by atoms with E-state index in [9.17, 15) is 9.18 Å². The van der Waals surface area contributed by atoms with Gasteiger partial charge in [-0.05, 0) is 12.1 Å². The Morgan fingerprint density at radius 2 is 2.25 bits per heavy atom. The maximum absolute atomic E-state index is 12.7. The van der Waals surface area contributed by atoms with Crippen molar-refractivity contribution < 1.29 is 13.9 Å². The molecule has 1 aromatic rings. The molecule has 0 saturated carbocycles. The molecule has 0 bridgehead atoms. The third-order valence-corrected chi connectivity index (χ3v) is 1.61. The minimum absolute atomic E-state index is 0.0596. The van der Waals surface area contributed by atoms with E-state index in [0.717, 1.165) is 0 Å². The van der Waals surface area contributed by atoms with Crippen molar-refractivity contribution in [1.82, 2.24) is 0 Å². The summed E-state index contributed by atoms with van der Waals surface area (Å²) in [6.07, 6.45) is 0.610. The number of aldehydes is 1. The van der Waals surface area contributed by atoms with Gasteiger partial charge in [0.25, 0.3) is 0 Å². The normalized spacial score (nSPS) is 9.50. The Labute approximate surface area is 77.5 Å². The van der Waals surface area contributed by atoms with E-state index in [2.05, 4.69) is 15.9 Å². The molecule has 64 valence electrons. The fourth-order valence-corrected chi connectivity index (χ4v) is 1.19. The first-order chi connectivity index (χ1) is 5.72. The number of ether oxygens (including phenoxy) is 1. The van der Waals surface area contributed by atoms with Crippen LogP contribution in [0, 0.1) is 5.82 Å². The summed E-state index contributed by atoms with van der Waals surface area (Å²) < 4.78 is 18.1. The number of rotatable bonds is 3. The van der Waals surface area contributed by atoms with E-state index < -0.39 is 5.82 Å². The zero-order valence-electron chi connectivity index (χ0n) is 6.09. The van der Waals surface area contributed by atoms with E-state index in [-0.39, 0.29) is 6.61 Å². The maximum atomic E-state index is 12.7. The average Bonchev–Trinajstić information content (AvgIpc) is 1.99. The van der Waals surface area contributed by atoms with E-state index in [1.807, 2.05) is 0 Å². The van der Waals surface area contributed by atoms with Crippen molar-refractivity contribution in [3.8, 4) is 5.75 Å². The molecule has 0 N–H and O–H groups in total. The van der Waals surface area contributed by atoms with Crippen LogP contribution in [-0.4, -0.2) is 12.9 Å². The van der Waals surface area contributed by atoms with Crippen LogP contribution < -0.4 is 4.74 Å². The standard InChI is InChI=1S/C8H6BrFO2/c9-6-3-7(10)5-8(4-6)12-2-1-11/h1,3-5H,2H2. The number of benzene rings is 1. The second-order valence-electron chi connectivity index (χ2n) is 2.08. The van der Waals surface area contributed by atoms with Crippen LogP contribution in [0.5, 0.6) is 5.75 Å². The molecule has 0 saturated heterocycles. The van der Waals surface area contributed by atoms with Crippen LogP contribution in [0.3, 0.4) is 0 Å². The highest BCUT2D eigenvalue weighted by Gasteiger charge is 1.98. The van der Waals surface area contributed by atoms with Crippen LogP contribution in [0.25, 0.3) is 0 Å². The largest absolute Gasteiger partial charge is 0.486 e. The summed E-state index contributed by atoms with van der Waals surface area (Å²) in [5, 5.41) is 0. The molecule has 0 aliphatic heterocycles. The second kappa shape index (κ2) is 4.21. The van der Waals surface area contributed by atoms with Gasteiger partial charge in [-0.15, -0.1) is 0 Å². The maximum Gasteiger partial charge on any atom is 0.157 e. The van der Waals surface area contributed by atoms with E-state index in [1.165, 1.54) is 12.1 Å². The topological polar surface area (TPSA) is 26.3 Å². The lowest BCUT2D eigenvalue weighted by Crippen LogP contribution is -1.97. The Morgan fingerprint density at radius 1 is 1.50 bits per heavy atom. The first kappa shape index (κ1) is 9.19. The number of hydrogen-bond donors (Lipinski definition) is 0. The highest BCUT2D eigenvalue weighted by Crippen LogP contribution is 2.20. The molecule has 0 radical (unpaired) electrons. The van der Waals surface area contributed by atoms with Crippen LogP contribution in [0.15, 0.2) is 22.7 Å². The molecule has 0 atom stereocenters. The van der Waals surface area contributed by atoms with E-state index in [0.29, 0.717) is 16.5 Å². The fraction of sp³-hybridized carbons (Fsp3) is 0.125. The first-order valence-corrected chi connectivity index (χ1v) is 4.04. The minimum atomic E-state index is -0.398. The van der Waals surface area contributed by atoms with Gasteiger partial charge in [0, 0.05) is 10.5 Å². The molecule has 0 unspecified atom stereocenters. The summed E-state index contributed by atoms with van der Waals surface area (Å²) in [6, 6.07) is 4.12. The van der Waals surface area contributed by atoms with Crippen molar-refractivity contribution in [2.75, 3.05) is 6.61 Å². The van der Waals surface area contributed by atoms with Crippen LogP contribution in [-0.2, 0) is 4.79 Å². The third kappa shape index (κ3) is 2.62. The molecule has 0 aliphatic rings. The fourth-order valence-electron chi connectivity index (χ4n) is 0.742. The Balaban J connectivity index is 2.78. The van der Waals surface area contributed by atoms with Gasteiger partial charge in [0.05, 0.1) is 0 Å². The Hall–Kier alpha value is -0.900. The lowest BCUT2D eigenvalue weighted by Gasteiger charge is -2.01. The summed E-state index contributed by atoms with van der Waals surface area (Å²) in [4.78, 5) is 9.92. The van der Waals surface area contributed by atoms with Crippen molar-refractivity contribution >= 4 is 22.2 Å². The summed E-state index contributed by atoms with van der Waals surface area (Å²) in [5.74, 6) is -0.0563. The van der Waals surface area contributed by atoms with E-state index in [4.69, 9.17) is 4.74 Å². The third-order valence-electron chi connectivity index (χ3n) is 1.15. The minimum Gasteiger partial charge on any atom is -0.486 e. The molecule has 4 heteroatoms. The average molecular weight is 233 g/mol. The molecular formula is C8H6BrFO2. The highest BCUT2D eigenvalue weighted by atomic mass is 79.9. The smallest absolute Gasteiger partial charge is 0.157 e. The van der Waals surface area contributed by atoms with Crippen molar-refractivity contribution in [2.45, 2.75) is 0 Å². The van der Waals surface area contributed by atoms with Crippen LogP contribution >= 0.6 is 15.9 Å². The van der Waals surface area contributed by atoms with Crippen LogP contribution in [0.4, 0.5) is 4.39 Å². The van der Waals surface area contributed by atoms with Gasteiger partial charge in [-0.25, -0.2) is 4.39 Å². The molecule has 0 aliphatic carbocycles. The monoisotopic (exact) mass is 232 g/mol. The summed E-state index contributed by atoms with van der Waals surface area (Å²) in [6.45, 7) is -0.0596. The molecular weight excluding hydrogens is 227 g/mol. The quantitative estimate of drug-likeness (QED) is 0.747. The SMILES string of the molecule is O=CCOc1cc(F)cc(Br)c1. The molecule has 1 rings (SSSR count). The van der Waals surface area contributed by atoms with Crippen molar-refractivity contribution in [3.63, 3.8) is 0 Å². The molecule has 0 fully saturated rings. The Morgan fingerprint density at radius 3 is 2.83 bits per heavy atom. The molecule has 0 heterocycles. The lowest BCUT2D eigenvalue weighted by molar-refractivity contribution is -0.109. The number of halogens is 2. The molecule has 0 aromatic heterocycles. The van der Waals surface area contributed by atoms with Crippen LogP contribution in [0.2, 0.25) is 0 Å². The lowest BCUT2D eigenvalue weighted by atomic mass is 10.3. The van der Waals surface area contributed by atoms with Crippen molar-refractivity contribution in [2.24, 2.45) is 0 Å². The molecule has 0 spiro atoms. The molecule has 12 heavy (non-hydrogen) atoms. The predicted octanol–water partition coefficient (Wildman–Crippen LogP) is 2.17.